The molecule has 0 radical (unpaired) electrons. The van der Waals surface area contributed by atoms with Gasteiger partial charge in [-0.1, -0.05) is 0 Å². The molecule has 1 heterocycles. The van der Waals surface area contributed by atoms with Crippen molar-refractivity contribution in [1.29, 1.82) is 0 Å². The third kappa shape index (κ3) is 3.67. The first-order valence-electron chi connectivity index (χ1n) is 5.12. The Labute approximate surface area is 99.5 Å². The van der Waals surface area contributed by atoms with Crippen LogP contribution in [0.25, 0.3) is 0 Å². The molecule has 1 fully saturated rings. The first-order valence-corrected chi connectivity index (χ1v) is 7.18. The van der Waals surface area contributed by atoms with Crippen LogP contribution in [0.2, 0.25) is 0 Å². The van der Waals surface area contributed by atoms with Crippen LogP contribution in [-0.2, 0) is 19.4 Å². The van der Waals surface area contributed by atoms with Gasteiger partial charge in [0.15, 0.2) is 0 Å². The van der Waals surface area contributed by atoms with Crippen LogP contribution in [-0.4, -0.2) is 60.9 Å². The maximum atomic E-state index is 11.6. The van der Waals surface area contributed by atoms with Gasteiger partial charge in [-0.15, -0.1) is 0 Å². The summed E-state index contributed by atoms with van der Waals surface area (Å²) in [5.74, 6) is -1.74. The number of carboxylic acid groups (broad SMARTS) is 1. The highest BCUT2D eigenvalue weighted by Gasteiger charge is 2.42. The lowest BCUT2D eigenvalue weighted by atomic mass is 10.0. The van der Waals surface area contributed by atoms with Gasteiger partial charge in [0.05, 0.1) is 5.75 Å². The van der Waals surface area contributed by atoms with Gasteiger partial charge in [0.25, 0.3) is 0 Å². The van der Waals surface area contributed by atoms with Crippen LogP contribution in [0.5, 0.6) is 0 Å². The highest BCUT2D eigenvalue weighted by atomic mass is 32.2. The van der Waals surface area contributed by atoms with Gasteiger partial charge in [0.1, 0.15) is 15.4 Å². The van der Waals surface area contributed by atoms with Crippen molar-refractivity contribution in [1.82, 2.24) is 4.90 Å². The van der Waals surface area contributed by atoms with E-state index in [2.05, 4.69) is 0 Å². The van der Waals surface area contributed by atoms with E-state index in [1.54, 1.807) is 0 Å². The number of hydrogen-bond acceptors (Lipinski definition) is 5. The zero-order chi connectivity index (χ0) is 13.3. The van der Waals surface area contributed by atoms with Gasteiger partial charge in [-0.25, -0.2) is 8.42 Å². The molecule has 8 heteroatoms. The van der Waals surface area contributed by atoms with Crippen LogP contribution in [0.4, 0.5) is 0 Å². The number of carboxylic acids is 1. The van der Waals surface area contributed by atoms with Gasteiger partial charge in [0, 0.05) is 25.8 Å². The smallest absolute Gasteiger partial charge is 0.325 e. The largest absolute Gasteiger partial charge is 0.480 e. The summed E-state index contributed by atoms with van der Waals surface area (Å²) in [5, 5.41) is 8.87. The number of carbonyl (C=O) groups excluding carboxylic acids is 1. The van der Waals surface area contributed by atoms with Crippen LogP contribution in [0.15, 0.2) is 0 Å². The van der Waals surface area contributed by atoms with Crippen molar-refractivity contribution in [2.24, 2.45) is 5.73 Å². The molecule has 3 N–H and O–H groups in total. The molecule has 1 rings (SSSR count). The molecule has 98 valence electrons. The number of sulfone groups is 1. The zero-order valence-electron chi connectivity index (χ0n) is 9.55. The molecule has 0 spiro atoms. The minimum Gasteiger partial charge on any atom is -0.480 e. The second-order valence-electron chi connectivity index (χ2n) is 4.41. The predicted octanol–water partition coefficient (Wildman–Crippen LogP) is -1.56. The van der Waals surface area contributed by atoms with Gasteiger partial charge in [-0.2, -0.15) is 0 Å². The van der Waals surface area contributed by atoms with Crippen LogP contribution < -0.4 is 5.73 Å². The van der Waals surface area contributed by atoms with E-state index in [9.17, 15) is 18.0 Å². The molecule has 0 saturated carbocycles. The molecule has 1 amide bonds. The molecule has 0 aromatic heterocycles. The lowest BCUT2D eigenvalue weighted by Gasteiger charge is -2.19. The molecule has 1 aliphatic heterocycles. The summed E-state index contributed by atoms with van der Waals surface area (Å²) in [7, 11) is -3.19. The van der Waals surface area contributed by atoms with Crippen LogP contribution in [0, 0.1) is 0 Å². The number of carbonyl (C=O) groups is 2. The first kappa shape index (κ1) is 13.9. The van der Waals surface area contributed by atoms with E-state index in [0.29, 0.717) is 0 Å². The van der Waals surface area contributed by atoms with Gasteiger partial charge in [-0.3, -0.25) is 9.59 Å². The summed E-state index contributed by atoms with van der Waals surface area (Å²) < 4.78 is 21.8. The molecule has 0 bridgehead atoms. The van der Waals surface area contributed by atoms with Crippen molar-refractivity contribution in [2.45, 2.75) is 18.4 Å². The highest BCUT2D eigenvalue weighted by molar-refractivity contribution is 7.90. The maximum absolute atomic E-state index is 11.6. The Morgan fingerprint density at radius 3 is 2.47 bits per heavy atom. The molecule has 1 saturated heterocycles. The molecule has 1 unspecified atom stereocenters. The summed E-state index contributed by atoms with van der Waals surface area (Å²) >= 11 is 0. The summed E-state index contributed by atoms with van der Waals surface area (Å²) in [4.78, 5) is 23.8. The fourth-order valence-corrected chi connectivity index (χ4v) is 2.20. The van der Waals surface area contributed by atoms with E-state index in [0.717, 1.165) is 6.26 Å². The Bertz CT molecular complexity index is 433. The number of rotatable bonds is 4. The quantitative estimate of drug-likeness (QED) is 0.633. The van der Waals surface area contributed by atoms with E-state index in [4.69, 9.17) is 10.8 Å². The Balaban J connectivity index is 2.55. The molecule has 0 aromatic rings. The number of nitrogens with zero attached hydrogens (tertiary/aromatic N) is 1. The number of aliphatic carboxylic acids is 1. The van der Waals surface area contributed by atoms with E-state index in [-0.39, 0.29) is 37.6 Å². The van der Waals surface area contributed by atoms with E-state index in [1.165, 1.54) is 4.90 Å². The second-order valence-corrected chi connectivity index (χ2v) is 6.67. The van der Waals surface area contributed by atoms with Crippen molar-refractivity contribution in [3.05, 3.63) is 0 Å². The number of likely N-dealkylation sites (tertiary alicyclic amines) is 1. The van der Waals surface area contributed by atoms with Crippen LogP contribution in [0.1, 0.15) is 12.8 Å². The summed E-state index contributed by atoms with van der Waals surface area (Å²) in [6.07, 6.45) is 1.11. The van der Waals surface area contributed by atoms with Crippen molar-refractivity contribution in [2.75, 3.05) is 25.1 Å². The second kappa shape index (κ2) is 4.61. The number of hydrogen-bond donors (Lipinski definition) is 2. The van der Waals surface area contributed by atoms with E-state index < -0.39 is 21.3 Å². The van der Waals surface area contributed by atoms with Crippen LogP contribution >= 0.6 is 0 Å². The number of nitrogens with two attached hydrogens (primary N) is 1. The minimum atomic E-state index is -3.19. The summed E-state index contributed by atoms with van der Waals surface area (Å²) in [5.41, 5.74) is 4.20. The average molecular weight is 264 g/mol. The first-order chi connectivity index (χ1) is 7.64. The third-order valence-electron chi connectivity index (χ3n) is 2.77. The molecule has 0 aromatic carbocycles. The fraction of sp³-hybridized carbons (Fsp3) is 0.778. The van der Waals surface area contributed by atoms with Gasteiger partial charge >= 0.3 is 5.97 Å². The molecule has 17 heavy (non-hydrogen) atoms. The molecule has 0 aliphatic carbocycles. The average Bonchev–Trinajstić information content (AvgIpc) is 2.58. The topological polar surface area (TPSA) is 118 Å². The minimum absolute atomic E-state index is 0.0646. The predicted molar refractivity (Wildman–Crippen MR) is 60.1 cm³/mol. The zero-order valence-corrected chi connectivity index (χ0v) is 10.4. The number of amides is 1. The lowest BCUT2D eigenvalue weighted by molar-refractivity contribution is -0.143. The summed E-state index contributed by atoms with van der Waals surface area (Å²) in [6, 6.07) is 0. The third-order valence-corrected chi connectivity index (χ3v) is 3.71. The Kier molecular flexibility index (Phi) is 3.78. The SMILES string of the molecule is CS(=O)(=O)CCC(=O)N1CCC(N)(C(=O)O)C1. The monoisotopic (exact) mass is 264 g/mol. The molecular weight excluding hydrogens is 248 g/mol. The molecule has 1 atom stereocenters. The van der Waals surface area contributed by atoms with Crippen molar-refractivity contribution in [3.8, 4) is 0 Å². The Morgan fingerprint density at radius 1 is 1.47 bits per heavy atom. The maximum Gasteiger partial charge on any atom is 0.325 e. The van der Waals surface area contributed by atoms with Crippen LogP contribution in [0.3, 0.4) is 0 Å². The summed E-state index contributed by atoms with van der Waals surface area (Å²) in [6.45, 7) is 0.191. The standard InChI is InChI=1S/C9H16N2O5S/c1-17(15,16)5-2-7(12)11-4-3-9(10,6-11)8(13)14/h2-6,10H2,1H3,(H,13,14). The van der Waals surface area contributed by atoms with Crippen molar-refractivity contribution < 1.29 is 23.1 Å². The highest BCUT2D eigenvalue weighted by Crippen LogP contribution is 2.19. The fourth-order valence-electron chi connectivity index (χ4n) is 1.65. The van der Waals surface area contributed by atoms with Gasteiger partial charge < -0.3 is 15.7 Å². The van der Waals surface area contributed by atoms with Crippen molar-refractivity contribution >= 4 is 21.7 Å². The van der Waals surface area contributed by atoms with E-state index >= 15 is 0 Å². The van der Waals surface area contributed by atoms with Gasteiger partial charge in [-0.05, 0) is 6.42 Å². The Hall–Kier alpha value is -1.15. The molecule has 1 aliphatic rings. The normalized spacial score (nSPS) is 24.9. The lowest BCUT2D eigenvalue weighted by Crippen LogP contribution is -2.50. The van der Waals surface area contributed by atoms with E-state index in [1.807, 2.05) is 0 Å². The molecule has 7 nitrogen and oxygen atoms in total. The van der Waals surface area contributed by atoms with Gasteiger partial charge in [0.2, 0.25) is 5.91 Å². The van der Waals surface area contributed by atoms with Crippen molar-refractivity contribution in [3.63, 3.8) is 0 Å². The Morgan fingerprint density at radius 2 is 2.06 bits per heavy atom. The molecular formula is C9H16N2O5S.